The molecule has 3 heterocycles. The van der Waals surface area contributed by atoms with E-state index in [9.17, 15) is 18.0 Å². The van der Waals surface area contributed by atoms with Crippen molar-refractivity contribution < 1.29 is 22.7 Å². The van der Waals surface area contributed by atoms with Crippen LogP contribution in [0.2, 0.25) is 0 Å². The zero-order valence-corrected chi connectivity index (χ0v) is 18.2. The fraction of sp³-hybridized carbons (Fsp3) is 0.304. The normalized spacial score (nSPS) is 16.8. The highest BCUT2D eigenvalue weighted by Crippen LogP contribution is 2.30. The van der Waals surface area contributed by atoms with Crippen molar-refractivity contribution in [2.75, 3.05) is 31.6 Å². The zero-order valence-electron chi connectivity index (χ0n) is 18.2. The molecule has 1 aliphatic heterocycles. The van der Waals surface area contributed by atoms with Crippen molar-refractivity contribution in [3.63, 3.8) is 0 Å². The summed E-state index contributed by atoms with van der Waals surface area (Å²) in [5.74, 6) is -0.212. The van der Waals surface area contributed by atoms with Gasteiger partial charge in [-0.2, -0.15) is 23.5 Å². The summed E-state index contributed by atoms with van der Waals surface area (Å²) in [5.41, 5.74) is 2.21. The minimum absolute atomic E-state index is 0.282. The molecule has 2 aromatic heterocycles. The molecule has 1 unspecified atom stereocenters. The lowest BCUT2D eigenvalue weighted by molar-refractivity contribution is -0.143. The van der Waals surface area contributed by atoms with Crippen LogP contribution in [0.5, 0.6) is 0 Å². The molecule has 0 bridgehead atoms. The summed E-state index contributed by atoms with van der Waals surface area (Å²) in [6, 6.07) is 10.7. The van der Waals surface area contributed by atoms with Gasteiger partial charge >= 0.3 is 12.1 Å². The van der Waals surface area contributed by atoms with Gasteiger partial charge in [-0.25, -0.2) is 9.78 Å². The maximum absolute atomic E-state index is 12.9. The van der Waals surface area contributed by atoms with Gasteiger partial charge in [0, 0.05) is 49.7 Å². The van der Waals surface area contributed by atoms with Crippen molar-refractivity contribution in [1.82, 2.24) is 20.1 Å². The number of carbonyl (C=O) groups is 1. The Hall–Kier alpha value is -3.91. The van der Waals surface area contributed by atoms with Crippen LogP contribution in [0.3, 0.4) is 0 Å². The third kappa shape index (κ3) is 4.87. The van der Waals surface area contributed by atoms with Gasteiger partial charge in [0.05, 0.1) is 30.0 Å². The molecule has 0 radical (unpaired) electrons. The van der Waals surface area contributed by atoms with E-state index in [1.165, 1.54) is 13.2 Å². The molecule has 0 aliphatic carbocycles. The topological polar surface area (TPSA) is 98.1 Å². The zero-order chi connectivity index (χ0) is 24.3. The highest BCUT2D eigenvalue weighted by Gasteiger charge is 2.35. The average molecular weight is 470 g/mol. The van der Waals surface area contributed by atoms with E-state index in [4.69, 9.17) is 10.00 Å². The number of hydrogen-bond acceptors (Lipinski definition) is 7. The maximum Gasteiger partial charge on any atom is 0.417 e. The summed E-state index contributed by atoms with van der Waals surface area (Å²) in [4.78, 5) is 20.2. The predicted molar refractivity (Wildman–Crippen MR) is 116 cm³/mol. The molecule has 0 spiro atoms. The molecular weight excluding hydrogens is 449 g/mol. The Morgan fingerprint density at radius 1 is 1.24 bits per heavy atom. The molecule has 0 saturated carbocycles. The molecule has 4 rings (SSSR count). The molecule has 1 aliphatic rings. The molecule has 1 saturated heterocycles. The van der Waals surface area contributed by atoms with Gasteiger partial charge in [0.2, 0.25) is 0 Å². The lowest BCUT2D eigenvalue weighted by atomic mass is 10.1. The molecular formula is C23H21F3N6O2. The molecule has 1 atom stereocenters. The van der Waals surface area contributed by atoms with Crippen molar-refractivity contribution in [1.29, 1.82) is 5.26 Å². The van der Waals surface area contributed by atoms with Crippen LogP contribution in [0.1, 0.15) is 16.7 Å². The third-order valence-corrected chi connectivity index (χ3v) is 5.71. The van der Waals surface area contributed by atoms with Crippen LogP contribution >= 0.6 is 0 Å². The molecule has 0 amide bonds. The number of halogens is 3. The molecule has 1 fully saturated rings. The number of anilines is 1. The van der Waals surface area contributed by atoms with E-state index in [1.807, 2.05) is 12.1 Å². The standard InChI is InChI=1S/C23H21F3N6O2/c1-34-22(33)19-14-31(8-9-32(19)20-7-6-18(12-28-20)23(24,25)26)13-17-11-29-30-21(17)16-4-2-15(10-27)3-5-16/h2-7,11-12,19H,8-9,13-14H2,1H3,(H,29,30). The molecule has 3 aromatic rings. The number of rotatable bonds is 5. The lowest BCUT2D eigenvalue weighted by Gasteiger charge is -2.40. The number of ether oxygens (including phenoxy) is 1. The van der Waals surface area contributed by atoms with Crippen molar-refractivity contribution in [3.05, 3.63) is 65.5 Å². The Balaban J connectivity index is 1.51. The SMILES string of the molecule is COC(=O)C1CN(Cc2c[nH]nc2-c2ccc(C#N)cc2)CCN1c1ccc(C(F)(F)F)cn1. The summed E-state index contributed by atoms with van der Waals surface area (Å²) >= 11 is 0. The number of nitriles is 1. The largest absolute Gasteiger partial charge is 0.467 e. The number of nitrogens with one attached hydrogen (secondary N) is 1. The summed E-state index contributed by atoms with van der Waals surface area (Å²) < 4.78 is 43.6. The molecule has 176 valence electrons. The number of aromatic nitrogens is 3. The number of esters is 1. The van der Waals surface area contributed by atoms with E-state index < -0.39 is 23.8 Å². The highest BCUT2D eigenvalue weighted by atomic mass is 19.4. The second-order valence-corrected chi connectivity index (χ2v) is 7.82. The predicted octanol–water partition coefficient (Wildman–Crippen LogP) is 3.23. The Bertz CT molecular complexity index is 1190. The molecule has 8 nitrogen and oxygen atoms in total. The van der Waals surface area contributed by atoms with Crippen LogP contribution in [0.4, 0.5) is 19.0 Å². The number of nitrogens with zero attached hydrogens (tertiary/aromatic N) is 5. The number of carbonyl (C=O) groups excluding carboxylic acids is 1. The molecule has 11 heteroatoms. The van der Waals surface area contributed by atoms with Crippen LogP contribution in [-0.4, -0.2) is 58.8 Å². The second-order valence-electron chi connectivity index (χ2n) is 7.82. The Morgan fingerprint density at radius 3 is 2.62 bits per heavy atom. The average Bonchev–Trinajstić information content (AvgIpc) is 3.31. The first kappa shape index (κ1) is 23.3. The highest BCUT2D eigenvalue weighted by molar-refractivity contribution is 5.80. The fourth-order valence-corrected chi connectivity index (χ4v) is 3.95. The fourth-order valence-electron chi connectivity index (χ4n) is 3.95. The number of piperazine rings is 1. The molecule has 1 aromatic carbocycles. The Labute approximate surface area is 193 Å². The van der Waals surface area contributed by atoms with Crippen molar-refractivity contribution in [2.24, 2.45) is 0 Å². The van der Waals surface area contributed by atoms with Gasteiger partial charge in [-0.05, 0) is 24.3 Å². The monoisotopic (exact) mass is 470 g/mol. The van der Waals surface area contributed by atoms with Gasteiger partial charge in [-0.15, -0.1) is 0 Å². The first-order valence-corrected chi connectivity index (χ1v) is 10.4. The van der Waals surface area contributed by atoms with E-state index >= 15 is 0 Å². The minimum Gasteiger partial charge on any atom is -0.467 e. The van der Waals surface area contributed by atoms with E-state index in [0.29, 0.717) is 31.7 Å². The number of H-pyrrole nitrogens is 1. The summed E-state index contributed by atoms with van der Waals surface area (Å²) in [6.45, 7) is 1.72. The molecule has 34 heavy (non-hydrogen) atoms. The van der Waals surface area contributed by atoms with E-state index in [0.717, 1.165) is 29.1 Å². The minimum atomic E-state index is -4.48. The maximum atomic E-state index is 12.9. The van der Waals surface area contributed by atoms with Crippen LogP contribution in [0.15, 0.2) is 48.8 Å². The number of benzene rings is 1. The van der Waals surface area contributed by atoms with Crippen LogP contribution in [0, 0.1) is 11.3 Å². The van der Waals surface area contributed by atoms with Gasteiger partial charge in [0.25, 0.3) is 0 Å². The number of methoxy groups -OCH3 is 1. The first-order chi connectivity index (χ1) is 16.3. The van der Waals surface area contributed by atoms with E-state index in [1.54, 1.807) is 23.2 Å². The lowest BCUT2D eigenvalue weighted by Crippen LogP contribution is -2.57. The smallest absolute Gasteiger partial charge is 0.417 e. The van der Waals surface area contributed by atoms with E-state index in [-0.39, 0.29) is 5.82 Å². The van der Waals surface area contributed by atoms with Gasteiger partial charge < -0.3 is 9.64 Å². The van der Waals surface area contributed by atoms with Crippen molar-refractivity contribution >= 4 is 11.8 Å². The Kier molecular flexibility index (Phi) is 6.51. The molecule has 1 N–H and O–H groups in total. The van der Waals surface area contributed by atoms with Crippen molar-refractivity contribution in [3.8, 4) is 17.3 Å². The van der Waals surface area contributed by atoms with Crippen LogP contribution in [0.25, 0.3) is 11.3 Å². The number of hydrogen-bond donors (Lipinski definition) is 1. The van der Waals surface area contributed by atoms with Crippen molar-refractivity contribution in [2.45, 2.75) is 18.8 Å². The summed E-state index contributed by atoms with van der Waals surface area (Å²) in [5, 5.41) is 16.2. The quantitative estimate of drug-likeness (QED) is 0.572. The Morgan fingerprint density at radius 2 is 2.00 bits per heavy atom. The number of pyridine rings is 1. The number of alkyl halides is 3. The van der Waals surface area contributed by atoms with Gasteiger partial charge in [-0.3, -0.25) is 10.00 Å². The number of aromatic amines is 1. The van der Waals surface area contributed by atoms with E-state index in [2.05, 4.69) is 26.2 Å². The summed E-state index contributed by atoms with van der Waals surface area (Å²) in [6.07, 6.45) is -1.93. The summed E-state index contributed by atoms with van der Waals surface area (Å²) in [7, 11) is 1.28. The van der Waals surface area contributed by atoms with Gasteiger partial charge in [0.1, 0.15) is 11.9 Å². The van der Waals surface area contributed by atoms with Crippen LogP contribution in [-0.2, 0) is 22.3 Å². The van der Waals surface area contributed by atoms with Gasteiger partial charge in [0.15, 0.2) is 0 Å². The first-order valence-electron chi connectivity index (χ1n) is 10.4. The van der Waals surface area contributed by atoms with Crippen LogP contribution < -0.4 is 4.90 Å². The second kappa shape index (κ2) is 9.52. The van der Waals surface area contributed by atoms with Gasteiger partial charge in [-0.1, -0.05) is 12.1 Å². The third-order valence-electron chi connectivity index (χ3n) is 5.71.